The van der Waals surface area contributed by atoms with Gasteiger partial charge in [0, 0.05) is 6.92 Å². The first-order valence-corrected chi connectivity index (χ1v) is 8.56. The summed E-state index contributed by atoms with van der Waals surface area (Å²) in [6, 6.07) is 8.95. The van der Waals surface area contributed by atoms with Crippen LogP contribution in [0.3, 0.4) is 0 Å². The van der Waals surface area contributed by atoms with E-state index in [1.807, 2.05) is 32.9 Å². The van der Waals surface area contributed by atoms with Crippen molar-refractivity contribution in [2.24, 2.45) is 0 Å². The number of hydrogen-bond donors (Lipinski definition) is 1. The largest absolute Gasteiger partial charge is 0.322 e. The average molecular weight is 379 g/mol. The molecule has 0 fully saturated rings. The van der Waals surface area contributed by atoms with Crippen LogP contribution in [-0.2, 0) is 9.59 Å². The predicted octanol–water partition coefficient (Wildman–Crippen LogP) is 4.91. The van der Waals surface area contributed by atoms with Gasteiger partial charge >= 0.3 is 0 Å². The molecular weight excluding hydrogens is 359 g/mol. The van der Waals surface area contributed by atoms with Crippen molar-refractivity contribution >= 4 is 46.4 Å². The van der Waals surface area contributed by atoms with Gasteiger partial charge in [0.25, 0.3) is 0 Å². The Labute approximate surface area is 157 Å². The Bertz CT molecular complexity index is 791. The van der Waals surface area contributed by atoms with Crippen LogP contribution in [0.15, 0.2) is 30.3 Å². The van der Waals surface area contributed by atoms with Gasteiger partial charge in [0.15, 0.2) is 0 Å². The summed E-state index contributed by atoms with van der Waals surface area (Å²) in [5.41, 5.74) is 4.08. The molecule has 2 amide bonds. The van der Waals surface area contributed by atoms with Crippen LogP contribution in [-0.4, -0.2) is 18.4 Å². The quantitative estimate of drug-likeness (QED) is 0.821. The SMILES string of the molecule is CC(=O)N(CC(=O)Nc1c(Cl)cccc1Cl)c1c(C)cc(C)cc1C. The van der Waals surface area contributed by atoms with Crippen molar-refractivity contribution in [3.8, 4) is 0 Å². The molecular formula is C19H20Cl2N2O2. The molecule has 0 spiro atoms. The van der Waals surface area contributed by atoms with E-state index in [1.165, 1.54) is 11.8 Å². The zero-order chi connectivity index (χ0) is 18.7. The summed E-state index contributed by atoms with van der Waals surface area (Å²) in [7, 11) is 0. The van der Waals surface area contributed by atoms with E-state index in [0.29, 0.717) is 15.7 Å². The molecule has 0 aliphatic rings. The Hall–Kier alpha value is -2.04. The molecule has 0 bridgehead atoms. The van der Waals surface area contributed by atoms with Crippen molar-refractivity contribution < 1.29 is 9.59 Å². The van der Waals surface area contributed by atoms with Crippen molar-refractivity contribution in [2.45, 2.75) is 27.7 Å². The fourth-order valence-corrected chi connectivity index (χ4v) is 3.38. The monoisotopic (exact) mass is 378 g/mol. The molecule has 1 N–H and O–H groups in total. The van der Waals surface area contributed by atoms with Crippen molar-refractivity contribution in [1.29, 1.82) is 0 Å². The van der Waals surface area contributed by atoms with Crippen LogP contribution >= 0.6 is 23.2 Å². The van der Waals surface area contributed by atoms with Gasteiger partial charge in [0.05, 0.1) is 21.4 Å². The maximum atomic E-state index is 12.5. The lowest BCUT2D eigenvalue weighted by atomic mass is 10.0. The number of hydrogen-bond acceptors (Lipinski definition) is 2. The molecule has 4 nitrogen and oxygen atoms in total. The predicted molar refractivity (Wildman–Crippen MR) is 104 cm³/mol. The van der Waals surface area contributed by atoms with Gasteiger partial charge in [-0.2, -0.15) is 0 Å². The Kier molecular flexibility index (Phi) is 6.09. The number of para-hydroxylation sites is 1. The van der Waals surface area contributed by atoms with Gasteiger partial charge in [0.2, 0.25) is 11.8 Å². The number of halogens is 2. The van der Waals surface area contributed by atoms with Crippen LogP contribution < -0.4 is 10.2 Å². The van der Waals surface area contributed by atoms with E-state index in [1.54, 1.807) is 18.2 Å². The highest BCUT2D eigenvalue weighted by Gasteiger charge is 2.20. The Morgan fingerprint density at radius 2 is 1.56 bits per heavy atom. The fraction of sp³-hybridized carbons (Fsp3) is 0.263. The molecule has 0 saturated heterocycles. The van der Waals surface area contributed by atoms with Crippen LogP contribution in [0.1, 0.15) is 23.6 Å². The molecule has 6 heteroatoms. The minimum absolute atomic E-state index is 0.123. The number of amides is 2. The summed E-state index contributed by atoms with van der Waals surface area (Å²) in [5.74, 6) is -0.583. The first-order chi connectivity index (χ1) is 11.7. The summed E-state index contributed by atoms with van der Waals surface area (Å²) < 4.78 is 0. The molecule has 25 heavy (non-hydrogen) atoms. The molecule has 2 rings (SSSR count). The first-order valence-electron chi connectivity index (χ1n) is 7.80. The molecule has 0 aromatic heterocycles. The van der Waals surface area contributed by atoms with Crippen molar-refractivity contribution in [3.63, 3.8) is 0 Å². The van der Waals surface area contributed by atoms with Gasteiger partial charge in [-0.3, -0.25) is 9.59 Å². The van der Waals surface area contributed by atoms with Crippen molar-refractivity contribution in [1.82, 2.24) is 0 Å². The molecule has 0 aliphatic carbocycles. The molecule has 0 saturated carbocycles. The normalized spacial score (nSPS) is 10.5. The van der Waals surface area contributed by atoms with E-state index >= 15 is 0 Å². The Morgan fingerprint density at radius 3 is 2.04 bits per heavy atom. The Balaban J connectivity index is 2.29. The molecule has 0 heterocycles. The van der Waals surface area contributed by atoms with Crippen molar-refractivity contribution in [3.05, 3.63) is 57.1 Å². The number of rotatable bonds is 4. The molecule has 2 aromatic carbocycles. The third-order valence-electron chi connectivity index (χ3n) is 3.81. The zero-order valence-electron chi connectivity index (χ0n) is 14.6. The topological polar surface area (TPSA) is 49.4 Å². The second-order valence-electron chi connectivity index (χ2n) is 6.00. The van der Waals surface area contributed by atoms with Gasteiger partial charge in [-0.05, 0) is 44.0 Å². The van der Waals surface area contributed by atoms with Gasteiger partial charge in [-0.25, -0.2) is 0 Å². The molecule has 132 valence electrons. The van der Waals surface area contributed by atoms with Crippen LogP contribution in [0.4, 0.5) is 11.4 Å². The molecule has 0 radical (unpaired) electrons. The fourth-order valence-electron chi connectivity index (χ4n) is 2.89. The maximum absolute atomic E-state index is 12.5. The Morgan fingerprint density at radius 1 is 1.04 bits per heavy atom. The van der Waals surface area contributed by atoms with Crippen LogP contribution in [0.25, 0.3) is 0 Å². The summed E-state index contributed by atoms with van der Waals surface area (Å²) in [5, 5.41) is 3.38. The minimum Gasteiger partial charge on any atom is -0.322 e. The van der Waals surface area contributed by atoms with Crippen molar-refractivity contribution in [2.75, 3.05) is 16.8 Å². The minimum atomic E-state index is -0.371. The molecule has 0 unspecified atom stereocenters. The number of benzene rings is 2. The van der Waals surface area contributed by atoms with E-state index in [4.69, 9.17) is 23.2 Å². The molecule has 0 aliphatic heterocycles. The molecule has 2 aromatic rings. The smallest absolute Gasteiger partial charge is 0.244 e. The second-order valence-corrected chi connectivity index (χ2v) is 6.81. The highest BCUT2D eigenvalue weighted by Crippen LogP contribution is 2.30. The van der Waals surface area contributed by atoms with E-state index in [2.05, 4.69) is 5.32 Å². The van der Waals surface area contributed by atoms with E-state index < -0.39 is 0 Å². The van der Waals surface area contributed by atoms with Gasteiger partial charge < -0.3 is 10.2 Å². The average Bonchev–Trinajstić information content (AvgIpc) is 2.49. The van der Waals surface area contributed by atoms with E-state index in [-0.39, 0.29) is 18.4 Å². The number of aryl methyl sites for hydroxylation is 3. The number of nitrogens with one attached hydrogen (secondary N) is 1. The highest BCUT2D eigenvalue weighted by molar-refractivity contribution is 6.39. The summed E-state index contributed by atoms with van der Waals surface area (Å²) in [6.45, 7) is 7.16. The number of carbonyl (C=O) groups is 2. The third-order valence-corrected chi connectivity index (χ3v) is 4.44. The van der Waals surface area contributed by atoms with Gasteiger partial charge in [0.1, 0.15) is 6.54 Å². The van der Waals surface area contributed by atoms with E-state index in [0.717, 1.165) is 22.4 Å². The van der Waals surface area contributed by atoms with Crippen LogP contribution in [0.2, 0.25) is 10.0 Å². The number of carbonyl (C=O) groups excluding carboxylic acids is 2. The van der Waals surface area contributed by atoms with Crippen LogP contribution in [0, 0.1) is 20.8 Å². The van der Waals surface area contributed by atoms with Gasteiger partial charge in [-0.1, -0.05) is 47.0 Å². The standard InChI is InChI=1S/C19H20Cl2N2O2/c1-11-8-12(2)19(13(3)9-11)23(14(4)24)10-17(25)22-18-15(20)6-5-7-16(18)21/h5-9H,10H2,1-4H3,(H,22,25). The summed E-state index contributed by atoms with van der Waals surface area (Å²) in [6.07, 6.45) is 0. The second kappa shape index (κ2) is 7.89. The van der Waals surface area contributed by atoms with E-state index in [9.17, 15) is 9.59 Å². The maximum Gasteiger partial charge on any atom is 0.244 e. The first kappa shape index (κ1) is 19.3. The van der Waals surface area contributed by atoms with Crippen LogP contribution in [0.5, 0.6) is 0 Å². The number of nitrogens with zero attached hydrogens (tertiary/aromatic N) is 1. The summed E-state index contributed by atoms with van der Waals surface area (Å²) in [4.78, 5) is 26.1. The highest BCUT2D eigenvalue weighted by atomic mass is 35.5. The van der Waals surface area contributed by atoms with Gasteiger partial charge in [-0.15, -0.1) is 0 Å². The zero-order valence-corrected chi connectivity index (χ0v) is 16.1. The lowest BCUT2D eigenvalue weighted by Crippen LogP contribution is -2.37. The molecule has 0 atom stereocenters. The lowest BCUT2D eigenvalue weighted by Gasteiger charge is -2.25. The number of anilines is 2. The summed E-state index contributed by atoms with van der Waals surface area (Å²) >= 11 is 12.2. The lowest BCUT2D eigenvalue weighted by molar-refractivity contribution is -0.120. The third kappa shape index (κ3) is 4.53.